The molecule has 0 heterocycles. The third kappa shape index (κ3) is 4.58. The van der Waals surface area contributed by atoms with E-state index in [0.717, 1.165) is 11.1 Å². The number of amides is 1. The van der Waals surface area contributed by atoms with Gasteiger partial charge >= 0.3 is 0 Å². The molecule has 0 aromatic heterocycles. The molecule has 2 aromatic carbocycles. The Morgan fingerprint density at radius 1 is 1.08 bits per heavy atom. The van der Waals surface area contributed by atoms with Crippen LogP contribution in [-0.2, 0) is 21.1 Å². The van der Waals surface area contributed by atoms with Crippen molar-refractivity contribution in [3.05, 3.63) is 64.7 Å². The van der Waals surface area contributed by atoms with E-state index >= 15 is 0 Å². The molecular formula is C18H20ClNO3S. The van der Waals surface area contributed by atoms with Crippen molar-refractivity contribution in [2.75, 3.05) is 13.3 Å². The fourth-order valence-corrected chi connectivity index (χ4v) is 3.09. The van der Waals surface area contributed by atoms with Gasteiger partial charge in [-0.15, -0.1) is 0 Å². The summed E-state index contributed by atoms with van der Waals surface area (Å²) in [6, 6.07) is 13.7. The number of halogens is 1. The molecule has 128 valence electrons. The van der Waals surface area contributed by atoms with Crippen molar-refractivity contribution in [2.24, 2.45) is 0 Å². The van der Waals surface area contributed by atoms with E-state index in [1.807, 2.05) is 19.1 Å². The van der Waals surface area contributed by atoms with Crippen LogP contribution >= 0.6 is 11.6 Å². The van der Waals surface area contributed by atoms with Gasteiger partial charge in [0.15, 0.2) is 9.84 Å². The predicted molar refractivity (Wildman–Crippen MR) is 95.9 cm³/mol. The summed E-state index contributed by atoms with van der Waals surface area (Å²) in [5, 5.41) is 0.638. The molecule has 0 radical (unpaired) electrons. The molecule has 0 N–H and O–H groups in total. The van der Waals surface area contributed by atoms with Gasteiger partial charge in [-0.05, 0) is 42.3 Å². The fourth-order valence-electron chi connectivity index (χ4n) is 2.33. The smallest absolute Gasteiger partial charge is 0.227 e. The maximum absolute atomic E-state index is 12.4. The molecule has 1 atom stereocenters. The van der Waals surface area contributed by atoms with Gasteiger partial charge in [0.1, 0.15) is 0 Å². The van der Waals surface area contributed by atoms with E-state index in [-0.39, 0.29) is 16.8 Å². The molecule has 0 fully saturated rings. The zero-order valence-corrected chi connectivity index (χ0v) is 15.4. The van der Waals surface area contributed by atoms with Crippen molar-refractivity contribution >= 4 is 27.3 Å². The first-order chi connectivity index (χ1) is 11.2. The molecule has 0 aliphatic rings. The molecule has 4 nitrogen and oxygen atoms in total. The van der Waals surface area contributed by atoms with E-state index in [4.69, 9.17) is 11.6 Å². The number of carbonyl (C=O) groups excluding carboxylic acids is 1. The van der Waals surface area contributed by atoms with Crippen molar-refractivity contribution in [2.45, 2.75) is 24.3 Å². The SMILES string of the molecule is CC(c1ccc(S(C)(=O)=O)cc1)N(C)C(=O)Cc1ccc(Cl)cc1. The average molecular weight is 366 g/mol. The standard InChI is InChI=1S/C18H20ClNO3S/c1-13(15-6-10-17(11-7-15)24(3,22)23)20(2)18(21)12-14-4-8-16(19)9-5-14/h4-11,13H,12H2,1-3H3. The number of carbonyl (C=O) groups is 1. The van der Waals surface area contributed by atoms with E-state index in [1.54, 1.807) is 48.3 Å². The van der Waals surface area contributed by atoms with Crippen LogP contribution in [-0.4, -0.2) is 32.5 Å². The maximum atomic E-state index is 12.4. The van der Waals surface area contributed by atoms with Gasteiger partial charge in [-0.25, -0.2) is 8.42 Å². The van der Waals surface area contributed by atoms with Crippen LogP contribution in [0.25, 0.3) is 0 Å². The van der Waals surface area contributed by atoms with Crippen LogP contribution in [0, 0.1) is 0 Å². The molecule has 0 spiro atoms. The van der Waals surface area contributed by atoms with Gasteiger partial charge in [0.25, 0.3) is 0 Å². The lowest BCUT2D eigenvalue weighted by atomic mass is 10.1. The molecule has 2 rings (SSSR count). The summed E-state index contributed by atoms with van der Waals surface area (Å²) < 4.78 is 23.0. The van der Waals surface area contributed by atoms with Crippen molar-refractivity contribution in [3.8, 4) is 0 Å². The minimum absolute atomic E-state index is 0.0167. The Morgan fingerprint density at radius 3 is 2.12 bits per heavy atom. The zero-order chi connectivity index (χ0) is 17.9. The van der Waals surface area contributed by atoms with Crippen molar-refractivity contribution < 1.29 is 13.2 Å². The average Bonchev–Trinajstić information content (AvgIpc) is 2.55. The number of hydrogen-bond acceptors (Lipinski definition) is 3. The Labute approximate surface area is 148 Å². The van der Waals surface area contributed by atoms with Crippen LogP contribution in [0.2, 0.25) is 5.02 Å². The van der Waals surface area contributed by atoms with Crippen molar-refractivity contribution in [1.82, 2.24) is 4.90 Å². The second-order valence-corrected chi connectivity index (χ2v) is 8.28. The largest absolute Gasteiger partial charge is 0.339 e. The molecular weight excluding hydrogens is 346 g/mol. The number of hydrogen-bond donors (Lipinski definition) is 0. The van der Waals surface area contributed by atoms with E-state index in [0.29, 0.717) is 11.4 Å². The van der Waals surface area contributed by atoms with Gasteiger partial charge in [0.05, 0.1) is 17.4 Å². The molecule has 6 heteroatoms. The second kappa shape index (κ2) is 7.36. The normalized spacial score (nSPS) is 12.7. The predicted octanol–water partition coefficient (Wildman–Crippen LogP) is 3.51. The Kier molecular flexibility index (Phi) is 5.67. The molecule has 1 unspecified atom stereocenters. The number of nitrogens with zero attached hydrogens (tertiary/aromatic N) is 1. The van der Waals surface area contributed by atoms with E-state index in [2.05, 4.69) is 0 Å². The van der Waals surface area contributed by atoms with Gasteiger partial charge in [0, 0.05) is 18.3 Å². The lowest BCUT2D eigenvalue weighted by Gasteiger charge is -2.25. The maximum Gasteiger partial charge on any atom is 0.227 e. The second-order valence-electron chi connectivity index (χ2n) is 5.83. The topological polar surface area (TPSA) is 54.5 Å². The van der Waals surface area contributed by atoms with Gasteiger partial charge in [-0.2, -0.15) is 0 Å². The quantitative estimate of drug-likeness (QED) is 0.814. The van der Waals surface area contributed by atoms with Crippen LogP contribution in [0.1, 0.15) is 24.1 Å². The first-order valence-electron chi connectivity index (χ1n) is 7.48. The monoisotopic (exact) mass is 365 g/mol. The van der Waals surface area contributed by atoms with Crippen LogP contribution < -0.4 is 0 Å². The lowest BCUT2D eigenvalue weighted by molar-refractivity contribution is -0.131. The number of rotatable bonds is 5. The highest BCUT2D eigenvalue weighted by Crippen LogP contribution is 2.22. The highest BCUT2D eigenvalue weighted by atomic mass is 35.5. The summed E-state index contributed by atoms with van der Waals surface area (Å²) in [5.74, 6) is -0.0167. The summed E-state index contributed by atoms with van der Waals surface area (Å²) in [6.07, 6.45) is 1.46. The Morgan fingerprint density at radius 2 is 1.62 bits per heavy atom. The highest BCUT2D eigenvalue weighted by molar-refractivity contribution is 7.90. The van der Waals surface area contributed by atoms with Crippen LogP contribution in [0.3, 0.4) is 0 Å². The Balaban J connectivity index is 2.09. The molecule has 2 aromatic rings. The minimum Gasteiger partial charge on any atom is -0.339 e. The Bertz CT molecular complexity index is 814. The van der Waals surface area contributed by atoms with Gasteiger partial charge in [-0.3, -0.25) is 4.79 Å². The highest BCUT2D eigenvalue weighted by Gasteiger charge is 2.18. The first-order valence-corrected chi connectivity index (χ1v) is 9.75. The van der Waals surface area contributed by atoms with E-state index in [9.17, 15) is 13.2 Å². The van der Waals surface area contributed by atoms with E-state index < -0.39 is 9.84 Å². The molecule has 24 heavy (non-hydrogen) atoms. The molecule has 0 aliphatic carbocycles. The summed E-state index contributed by atoms with van der Waals surface area (Å²) >= 11 is 5.85. The molecule has 0 aliphatic heterocycles. The zero-order valence-electron chi connectivity index (χ0n) is 13.9. The molecule has 0 saturated carbocycles. The first kappa shape index (κ1) is 18.5. The molecule has 0 bridgehead atoms. The van der Waals surface area contributed by atoms with Gasteiger partial charge in [0.2, 0.25) is 5.91 Å². The number of benzene rings is 2. The van der Waals surface area contributed by atoms with Crippen molar-refractivity contribution in [3.63, 3.8) is 0 Å². The Hall–Kier alpha value is -1.85. The van der Waals surface area contributed by atoms with E-state index in [1.165, 1.54) is 6.26 Å². The summed E-state index contributed by atoms with van der Waals surface area (Å²) in [4.78, 5) is 14.4. The van der Waals surface area contributed by atoms with Gasteiger partial charge < -0.3 is 4.90 Å². The minimum atomic E-state index is -3.22. The van der Waals surface area contributed by atoms with Crippen LogP contribution in [0.15, 0.2) is 53.4 Å². The number of likely N-dealkylation sites (N-methyl/N-ethyl adjacent to an activating group) is 1. The third-order valence-electron chi connectivity index (χ3n) is 4.03. The van der Waals surface area contributed by atoms with Crippen molar-refractivity contribution in [1.29, 1.82) is 0 Å². The third-order valence-corrected chi connectivity index (χ3v) is 5.41. The number of sulfone groups is 1. The summed E-state index contributed by atoms with van der Waals surface area (Å²) in [7, 11) is -1.47. The van der Waals surface area contributed by atoms with Crippen LogP contribution in [0.4, 0.5) is 0 Å². The fraction of sp³-hybridized carbons (Fsp3) is 0.278. The summed E-state index contributed by atoms with van der Waals surface area (Å²) in [5.41, 5.74) is 1.78. The van der Waals surface area contributed by atoms with Gasteiger partial charge in [-0.1, -0.05) is 35.9 Å². The molecule has 1 amide bonds. The van der Waals surface area contributed by atoms with Crippen LogP contribution in [0.5, 0.6) is 0 Å². The summed E-state index contributed by atoms with van der Waals surface area (Å²) in [6.45, 7) is 1.91. The molecule has 0 saturated heterocycles. The lowest BCUT2D eigenvalue weighted by Crippen LogP contribution is -2.31.